The van der Waals surface area contributed by atoms with Gasteiger partial charge in [-0.25, -0.2) is 0 Å². The second-order valence-electron chi connectivity index (χ2n) is 6.45. The van der Waals surface area contributed by atoms with Gasteiger partial charge in [0.1, 0.15) is 0 Å². The van der Waals surface area contributed by atoms with Crippen LogP contribution in [-0.2, 0) is 11.8 Å². The number of carbonyl (C=O) groups is 1. The van der Waals surface area contributed by atoms with Crippen molar-refractivity contribution in [2.45, 2.75) is 19.9 Å². The van der Waals surface area contributed by atoms with Crippen molar-refractivity contribution < 1.29 is 9.53 Å². The third-order valence-corrected chi connectivity index (χ3v) is 4.86. The lowest BCUT2D eigenvalue weighted by molar-refractivity contribution is 0.0162. The fourth-order valence-electron chi connectivity index (χ4n) is 3.40. The van der Waals surface area contributed by atoms with Crippen LogP contribution in [0.4, 0.5) is 0 Å². The molecule has 1 atom stereocenters. The number of morpholine rings is 1. The Bertz CT molecular complexity index is 721. The van der Waals surface area contributed by atoms with E-state index in [1.165, 1.54) is 5.56 Å². The fourth-order valence-corrected chi connectivity index (χ4v) is 3.40. The lowest BCUT2D eigenvalue weighted by Crippen LogP contribution is -2.43. The number of nitrogens with zero attached hydrogens (tertiary/aromatic N) is 3. The monoisotopic (exact) mass is 342 g/mol. The first-order chi connectivity index (χ1) is 12.1. The number of aromatic nitrogens is 2. The first-order valence-corrected chi connectivity index (χ1v) is 8.73. The van der Waals surface area contributed by atoms with Gasteiger partial charge in [-0.2, -0.15) is 5.10 Å². The molecule has 1 fully saturated rings. The zero-order valence-electron chi connectivity index (χ0n) is 15.2. The molecule has 0 radical (unpaired) electrons. The van der Waals surface area contributed by atoms with Gasteiger partial charge in [-0.3, -0.25) is 14.4 Å². The van der Waals surface area contributed by atoms with Crippen molar-refractivity contribution in [2.75, 3.05) is 32.8 Å². The van der Waals surface area contributed by atoms with Crippen molar-refractivity contribution in [3.63, 3.8) is 0 Å². The van der Waals surface area contributed by atoms with Crippen LogP contribution in [0.25, 0.3) is 0 Å². The molecule has 0 spiro atoms. The topological polar surface area (TPSA) is 59.4 Å². The zero-order chi connectivity index (χ0) is 17.8. The predicted molar refractivity (Wildman–Crippen MR) is 96.6 cm³/mol. The molecule has 1 unspecified atom stereocenters. The maximum atomic E-state index is 12.7. The van der Waals surface area contributed by atoms with Gasteiger partial charge in [0, 0.05) is 32.4 Å². The van der Waals surface area contributed by atoms with E-state index in [-0.39, 0.29) is 11.9 Å². The summed E-state index contributed by atoms with van der Waals surface area (Å²) in [5, 5.41) is 7.45. The number of benzene rings is 1. The Morgan fingerprint density at radius 3 is 2.52 bits per heavy atom. The summed E-state index contributed by atoms with van der Waals surface area (Å²) in [7, 11) is 1.86. The van der Waals surface area contributed by atoms with Crippen LogP contribution in [0.1, 0.15) is 33.4 Å². The molecule has 1 aromatic carbocycles. The predicted octanol–water partition coefficient (Wildman–Crippen LogP) is 1.84. The van der Waals surface area contributed by atoms with Crippen molar-refractivity contribution in [2.24, 2.45) is 7.05 Å². The number of aryl methyl sites for hydroxylation is 2. The highest BCUT2D eigenvalue weighted by molar-refractivity contribution is 5.96. The molecule has 1 saturated heterocycles. The van der Waals surface area contributed by atoms with Gasteiger partial charge in [0.15, 0.2) is 0 Å². The molecule has 0 saturated carbocycles. The first-order valence-electron chi connectivity index (χ1n) is 8.73. The summed E-state index contributed by atoms with van der Waals surface area (Å²) < 4.78 is 7.23. The van der Waals surface area contributed by atoms with Gasteiger partial charge >= 0.3 is 0 Å². The van der Waals surface area contributed by atoms with Crippen LogP contribution in [0, 0.1) is 13.8 Å². The summed E-state index contributed by atoms with van der Waals surface area (Å²) in [5.41, 5.74) is 3.54. The summed E-state index contributed by atoms with van der Waals surface area (Å²) in [6, 6.07) is 10.5. The highest BCUT2D eigenvalue weighted by Gasteiger charge is 2.24. The molecule has 2 aromatic rings. The van der Waals surface area contributed by atoms with E-state index < -0.39 is 0 Å². The molecule has 1 amide bonds. The average Bonchev–Trinajstić information content (AvgIpc) is 2.89. The smallest absolute Gasteiger partial charge is 0.255 e. The van der Waals surface area contributed by atoms with Crippen molar-refractivity contribution in [3.8, 4) is 0 Å². The van der Waals surface area contributed by atoms with Crippen LogP contribution in [0.3, 0.4) is 0 Å². The summed E-state index contributed by atoms with van der Waals surface area (Å²) in [4.78, 5) is 15.1. The summed E-state index contributed by atoms with van der Waals surface area (Å²) >= 11 is 0. The molecule has 6 heteroatoms. The summed E-state index contributed by atoms with van der Waals surface area (Å²) in [6.45, 7) is 7.58. The Labute approximate surface area is 148 Å². The number of nitrogens with one attached hydrogen (secondary N) is 1. The first kappa shape index (κ1) is 17.6. The van der Waals surface area contributed by atoms with Crippen LogP contribution < -0.4 is 5.32 Å². The minimum absolute atomic E-state index is 0.0581. The van der Waals surface area contributed by atoms with Gasteiger partial charge in [0.05, 0.1) is 30.5 Å². The maximum absolute atomic E-state index is 12.7. The van der Waals surface area contributed by atoms with E-state index in [0.717, 1.165) is 37.7 Å². The van der Waals surface area contributed by atoms with E-state index in [0.29, 0.717) is 12.1 Å². The van der Waals surface area contributed by atoms with Gasteiger partial charge < -0.3 is 10.1 Å². The summed E-state index contributed by atoms with van der Waals surface area (Å²) in [5.74, 6) is -0.0581. The minimum Gasteiger partial charge on any atom is -0.379 e. The van der Waals surface area contributed by atoms with E-state index in [9.17, 15) is 4.79 Å². The van der Waals surface area contributed by atoms with Crippen LogP contribution in [0.15, 0.2) is 30.3 Å². The van der Waals surface area contributed by atoms with Crippen LogP contribution in [-0.4, -0.2) is 53.4 Å². The van der Waals surface area contributed by atoms with E-state index >= 15 is 0 Å². The third-order valence-electron chi connectivity index (χ3n) is 4.86. The molecular weight excluding hydrogens is 316 g/mol. The second-order valence-corrected chi connectivity index (χ2v) is 6.45. The van der Waals surface area contributed by atoms with Crippen LogP contribution in [0.2, 0.25) is 0 Å². The minimum atomic E-state index is -0.0581. The van der Waals surface area contributed by atoms with E-state index in [1.54, 1.807) is 4.68 Å². The van der Waals surface area contributed by atoms with Crippen LogP contribution in [0.5, 0.6) is 0 Å². The number of amides is 1. The molecule has 1 N–H and O–H groups in total. The molecule has 1 aliphatic heterocycles. The molecule has 134 valence electrons. The van der Waals surface area contributed by atoms with Crippen molar-refractivity contribution in [3.05, 3.63) is 52.8 Å². The Morgan fingerprint density at radius 1 is 1.24 bits per heavy atom. The molecule has 0 aliphatic carbocycles. The molecule has 1 aliphatic rings. The Morgan fingerprint density at radius 2 is 1.92 bits per heavy atom. The summed E-state index contributed by atoms with van der Waals surface area (Å²) in [6.07, 6.45) is 0. The maximum Gasteiger partial charge on any atom is 0.255 e. The normalized spacial score (nSPS) is 16.6. The zero-order valence-corrected chi connectivity index (χ0v) is 15.2. The lowest BCUT2D eigenvalue weighted by Gasteiger charge is -2.35. The van der Waals surface area contributed by atoms with Gasteiger partial charge in [-0.1, -0.05) is 30.3 Å². The largest absolute Gasteiger partial charge is 0.379 e. The molecule has 3 rings (SSSR count). The van der Waals surface area contributed by atoms with Crippen molar-refractivity contribution >= 4 is 5.91 Å². The van der Waals surface area contributed by atoms with Gasteiger partial charge in [-0.15, -0.1) is 0 Å². The molecule has 25 heavy (non-hydrogen) atoms. The van der Waals surface area contributed by atoms with Crippen LogP contribution >= 0.6 is 0 Å². The Hall–Kier alpha value is -2.18. The SMILES string of the molecule is Cc1nn(C)c(C)c1C(=O)NCC(c1ccccc1)N1CCOCC1. The second kappa shape index (κ2) is 7.80. The standard InChI is InChI=1S/C19H26N4O2/c1-14-18(15(2)22(3)21-14)19(24)20-13-17(16-7-5-4-6-8-16)23-9-11-25-12-10-23/h4-8,17H,9-13H2,1-3H3,(H,20,24). The molecule has 0 bridgehead atoms. The molecule has 2 heterocycles. The molecule has 6 nitrogen and oxygen atoms in total. The highest BCUT2D eigenvalue weighted by atomic mass is 16.5. The third kappa shape index (κ3) is 3.91. The van der Waals surface area contributed by atoms with Gasteiger partial charge in [0.25, 0.3) is 5.91 Å². The lowest BCUT2D eigenvalue weighted by atomic mass is 10.0. The Kier molecular flexibility index (Phi) is 5.50. The van der Waals surface area contributed by atoms with E-state index in [1.807, 2.05) is 39.1 Å². The van der Waals surface area contributed by atoms with Gasteiger partial charge in [0.2, 0.25) is 0 Å². The quantitative estimate of drug-likeness (QED) is 0.901. The van der Waals surface area contributed by atoms with E-state index in [2.05, 4.69) is 27.4 Å². The number of ether oxygens (including phenoxy) is 1. The number of hydrogen-bond donors (Lipinski definition) is 1. The van der Waals surface area contributed by atoms with Crippen molar-refractivity contribution in [1.82, 2.24) is 20.0 Å². The highest BCUT2D eigenvalue weighted by Crippen LogP contribution is 2.21. The number of carbonyl (C=O) groups excluding carboxylic acids is 1. The number of hydrogen-bond acceptors (Lipinski definition) is 4. The fraction of sp³-hybridized carbons (Fsp3) is 0.474. The Balaban J connectivity index is 1.75. The van der Waals surface area contributed by atoms with Gasteiger partial charge in [-0.05, 0) is 19.4 Å². The van der Waals surface area contributed by atoms with E-state index in [4.69, 9.17) is 4.74 Å². The molecular formula is C19H26N4O2. The molecule has 1 aromatic heterocycles. The average molecular weight is 342 g/mol. The number of rotatable bonds is 5. The van der Waals surface area contributed by atoms with Crippen molar-refractivity contribution in [1.29, 1.82) is 0 Å².